The third-order valence-corrected chi connectivity index (χ3v) is 3.38. The number of aryl methyl sites for hydroxylation is 1. The molecular formula is C15H21N5O. The summed E-state index contributed by atoms with van der Waals surface area (Å²) in [5, 5.41) is 2.91. The van der Waals surface area contributed by atoms with Gasteiger partial charge in [0.2, 0.25) is 5.91 Å². The van der Waals surface area contributed by atoms with Crippen LogP contribution in [0.15, 0.2) is 30.7 Å². The van der Waals surface area contributed by atoms with E-state index in [4.69, 9.17) is 5.73 Å². The molecule has 0 saturated heterocycles. The Morgan fingerprint density at radius 2 is 2.24 bits per heavy atom. The van der Waals surface area contributed by atoms with Gasteiger partial charge in [-0.2, -0.15) is 0 Å². The molecule has 6 nitrogen and oxygen atoms in total. The second-order valence-corrected chi connectivity index (χ2v) is 5.15. The highest BCUT2D eigenvalue weighted by atomic mass is 16.1. The van der Waals surface area contributed by atoms with E-state index in [1.54, 1.807) is 18.5 Å². The molecule has 1 amide bonds. The predicted molar refractivity (Wildman–Crippen MR) is 82.2 cm³/mol. The van der Waals surface area contributed by atoms with E-state index in [2.05, 4.69) is 15.3 Å². The third-order valence-electron chi connectivity index (χ3n) is 3.38. The largest absolute Gasteiger partial charge is 0.330 e. The van der Waals surface area contributed by atoms with Gasteiger partial charge in [-0.25, -0.2) is 9.97 Å². The zero-order chi connectivity index (χ0) is 15.2. The number of anilines is 1. The van der Waals surface area contributed by atoms with E-state index in [1.165, 1.54) is 0 Å². The first-order chi connectivity index (χ1) is 10.1. The quantitative estimate of drug-likeness (QED) is 0.849. The van der Waals surface area contributed by atoms with Crippen molar-refractivity contribution >= 4 is 11.6 Å². The van der Waals surface area contributed by atoms with Crippen LogP contribution in [0.1, 0.15) is 25.6 Å². The third kappa shape index (κ3) is 3.88. The topological polar surface area (TPSA) is 85.8 Å². The van der Waals surface area contributed by atoms with E-state index in [0.717, 1.165) is 12.2 Å². The molecule has 2 heterocycles. The predicted octanol–water partition coefficient (Wildman–Crippen LogP) is 1.89. The SMILES string of the molecule is Cc1nccn1-c1ncccc1NC(=O)CCC(C)CN. The van der Waals surface area contributed by atoms with E-state index >= 15 is 0 Å². The molecule has 0 aliphatic rings. The van der Waals surface area contributed by atoms with Crippen molar-refractivity contribution in [2.45, 2.75) is 26.7 Å². The monoisotopic (exact) mass is 287 g/mol. The van der Waals surface area contributed by atoms with Gasteiger partial charge in [0, 0.05) is 25.0 Å². The Bertz CT molecular complexity index is 608. The molecule has 0 bridgehead atoms. The number of aromatic nitrogens is 3. The van der Waals surface area contributed by atoms with Crippen molar-refractivity contribution in [1.82, 2.24) is 14.5 Å². The zero-order valence-corrected chi connectivity index (χ0v) is 12.4. The van der Waals surface area contributed by atoms with Crippen LogP contribution in [0.25, 0.3) is 5.82 Å². The molecule has 0 aliphatic heterocycles. The molecule has 3 N–H and O–H groups in total. The summed E-state index contributed by atoms with van der Waals surface area (Å²) in [5.41, 5.74) is 6.25. The molecule has 2 aromatic rings. The van der Waals surface area contributed by atoms with Crippen LogP contribution in [0.5, 0.6) is 0 Å². The molecular weight excluding hydrogens is 266 g/mol. The fourth-order valence-electron chi connectivity index (χ4n) is 2.00. The molecule has 0 radical (unpaired) electrons. The van der Waals surface area contributed by atoms with Crippen LogP contribution in [0, 0.1) is 12.8 Å². The molecule has 2 rings (SSSR count). The minimum Gasteiger partial charge on any atom is -0.330 e. The van der Waals surface area contributed by atoms with Crippen molar-refractivity contribution in [3.63, 3.8) is 0 Å². The van der Waals surface area contributed by atoms with E-state index in [1.807, 2.05) is 30.7 Å². The summed E-state index contributed by atoms with van der Waals surface area (Å²) >= 11 is 0. The molecule has 0 spiro atoms. The first-order valence-electron chi connectivity index (χ1n) is 7.07. The number of rotatable bonds is 6. The molecule has 112 valence electrons. The van der Waals surface area contributed by atoms with Gasteiger partial charge in [0.1, 0.15) is 5.82 Å². The number of hydrogen-bond donors (Lipinski definition) is 2. The van der Waals surface area contributed by atoms with Gasteiger partial charge in [-0.1, -0.05) is 6.92 Å². The van der Waals surface area contributed by atoms with Gasteiger partial charge in [0.25, 0.3) is 0 Å². The highest BCUT2D eigenvalue weighted by Crippen LogP contribution is 2.19. The van der Waals surface area contributed by atoms with Crippen LogP contribution >= 0.6 is 0 Å². The van der Waals surface area contributed by atoms with Crippen molar-refractivity contribution in [3.05, 3.63) is 36.5 Å². The second-order valence-electron chi connectivity index (χ2n) is 5.15. The number of nitrogens with zero attached hydrogens (tertiary/aromatic N) is 3. The zero-order valence-electron chi connectivity index (χ0n) is 12.4. The van der Waals surface area contributed by atoms with E-state index in [0.29, 0.717) is 30.4 Å². The Labute approximate surface area is 124 Å². The summed E-state index contributed by atoms with van der Waals surface area (Å²) in [5.74, 6) is 1.82. The van der Waals surface area contributed by atoms with Gasteiger partial charge >= 0.3 is 0 Å². The highest BCUT2D eigenvalue weighted by molar-refractivity contribution is 5.92. The lowest BCUT2D eigenvalue weighted by molar-refractivity contribution is -0.116. The maximum atomic E-state index is 12.0. The average Bonchev–Trinajstić information content (AvgIpc) is 2.91. The van der Waals surface area contributed by atoms with Crippen LogP contribution in [0.3, 0.4) is 0 Å². The van der Waals surface area contributed by atoms with E-state index in [9.17, 15) is 4.79 Å². The lowest BCUT2D eigenvalue weighted by Gasteiger charge is -2.12. The lowest BCUT2D eigenvalue weighted by atomic mass is 10.1. The molecule has 0 aromatic carbocycles. The fraction of sp³-hybridized carbons (Fsp3) is 0.400. The summed E-state index contributed by atoms with van der Waals surface area (Å²) in [7, 11) is 0. The maximum absolute atomic E-state index is 12.0. The number of imidazole rings is 1. The van der Waals surface area contributed by atoms with Gasteiger partial charge < -0.3 is 11.1 Å². The van der Waals surface area contributed by atoms with Gasteiger partial charge in [0.05, 0.1) is 5.69 Å². The molecule has 2 aromatic heterocycles. The van der Waals surface area contributed by atoms with Crippen molar-refractivity contribution < 1.29 is 4.79 Å². The lowest BCUT2D eigenvalue weighted by Crippen LogP contribution is -2.17. The minimum absolute atomic E-state index is 0.0256. The number of nitrogens with two attached hydrogens (primary N) is 1. The minimum atomic E-state index is -0.0256. The van der Waals surface area contributed by atoms with Crippen LogP contribution < -0.4 is 11.1 Å². The molecule has 6 heteroatoms. The standard InChI is InChI=1S/C15H21N5O/c1-11(10-16)5-6-14(21)19-13-4-3-7-18-15(13)20-9-8-17-12(20)2/h3-4,7-9,11H,5-6,10,16H2,1-2H3,(H,19,21). The van der Waals surface area contributed by atoms with Crippen molar-refractivity contribution in [3.8, 4) is 5.82 Å². The Kier molecular flexibility index (Phi) is 5.05. The highest BCUT2D eigenvalue weighted by Gasteiger charge is 2.11. The van der Waals surface area contributed by atoms with Gasteiger partial charge in [-0.05, 0) is 37.9 Å². The van der Waals surface area contributed by atoms with Crippen LogP contribution in [-0.2, 0) is 4.79 Å². The first kappa shape index (κ1) is 15.2. The number of hydrogen-bond acceptors (Lipinski definition) is 4. The number of carbonyl (C=O) groups excluding carboxylic acids is 1. The Balaban J connectivity index is 2.11. The van der Waals surface area contributed by atoms with Crippen LogP contribution in [0.2, 0.25) is 0 Å². The van der Waals surface area contributed by atoms with Gasteiger partial charge in [-0.3, -0.25) is 9.36 Å². The van der Waals surface area contributed by atoms with Crippen LogP contribution in [-0.4, -0.2) is 27.0 Å². The van der Waals surface area contributed by atoms with E-state index < -0.39 is 0 Å². The second kappa shape index (κ2) is 6.99. The summed E-state index contributed by atoms with van der Waals surface area (Å²) in [6.45, 7) is 4.53. The van der Waals surface area contributed by atoms with Crippen molar-refractivity contribution in [2.24, 2.45) is 11.7 Å². The smallest absolute Gasteiger partial charge is 0.224 e. The Morgan fingerprint density at radius 3 is 2.90 bits per heavy atom. The van der Waals surface area contributed by atoms with Crippen molar-refractivity contribution in [2.75, 3.05) is 11.9 Å². The molecule has 21 heavy (non-hydrogen) atoms. The number of nitrogens with one attached hydrogen (secondary N) is 1. The number of amides is 1. The summed E-state index contributed by atoms with van der Waals surface area (Å²) in [6.07, 6.45) is 6.46. The number of carbonyl (C=O) groups is 1. The Morgan fingerprint density at radius 1 is 1.43 bits per heavy atom. The molecule has 1 unspecified atom stereocenters. The van der Waals surface area contributed by atoms with Gasteiger partial charge in [-0.15, -0.1) is 0 Å². The molecule has 0 aliphatic carbocycles. The summed E-state index contributed by atoms with van der Waals surface area (Å²) in [4.78, 5) is 20.5. The number of pyridine rings is 1. The Hall–Kier alpha value is -2.21. The first-order valence-corrected chi connectivity index (χ1v) is 7.07. The van der Waals surface area contributed by atoms with Crippen LogP contribution in [0.4, 0.5) is 5.69 Å². The summed E-state index contributed by atoms with van der Waals surface area (Å²) in [6, 6.07) is 3.64. The summed E-state index contributed by atoms with van der Waals surface area (Å²) < 4.78 is 1.85. The maximum Gasteiger partial charge on any atom is 0.224 e. The molecule has 0 saturated carbocycles. The fourth-order valence-corrected chi connectivity index (χ4v) is 2.00. The van der Waals surface area contributed by atoms with Gasteiger partial charge in [0.15, 0.2) is 5.82 Å². The van der Waals surface area contributed by atoms with E-state index in [-0.39, 0.29) is 5.91 Å². The molecule has 1 atom stereocenters. The molecule has 0 fully saturated rings. The van der Waals surface area contributed by atoms with Crippen molar-refractivity contribution in [1.29, 1.82) is 0 Å². The average molecular weight is 287 g/mol. The normalized spacial score (nSPS) is 12.1.